The first-order valence-electron chi connectivity index (χ1n) is 11.3. The molecule has 3 aromatic heterocycles. The molecule has 0 spiro atoms. The van der Waals surface area contributed by atoms with E-state index in [1.165, 1.54) is 12.1 Å². The number of fused-ring (bicyclic) bond motifs is 1. The predicted octanol–water partition coefficient (Wildman–Crippen LogP) is 6.10. The van der Waals surface area contributed by atoms with Gasteiger partial charge in [0, 0.05) is 42.7 Å². The van der Waals surface area contributed by atoms with Crippen molar-refractivity contribution >= 4 is 28.5 Å². The Labute approximate surface area is 211 Å². The summed E-state index contributed by atoms with van der Waals surface area (Å²) in [6.07, 6.45) is 5.20. The Hall–Kier alpha value is -4.17. The molecule has 7 nitrogen and oxygen atoms in total. The Bertz CT molecular complexity index is 1590. The van der Waals surface area contributed by atoms with Gasteiger partial charge in [-0.15, -0.1) is 0 Å². The molecule has 2 N–H and O–H groups in total. The molecule has 0 fully saturated rings. The van der Waals surface area contributed by atoms with Crippen LogP contribution in [-0.2, 0) is 13.6 Å². The van der Waals surface area contributed by atoms with Crippen molar-refractivity contribution in [1.82, 2.24) is 25.1 Å². The number of benzene rings is 2. The van der Waals surface area contributed by atoms with Crippen LogP contribution in [0.4, 0.5) is 4.39 Å². The van der Waals surface area contributed by atoms with E-state index in [2.05, 4.69) is 20.4 Å². The summed E-state index contributed by atoms with van der Waals surface area (Å²) in [5.41, 5.74) is 4.71. The molecule has 3 heterocycles. The fourth-order valence-electron chi connectivity index (χ4n) is 4.16. The standard InChI is InChI=1S/C27H23ClFN5O2/c1-15-9-17(11-19(29)10-15)12-31-27(35)20-5-4-6-21(16(20)2)36-22-7-8-30-26-23(22)24(28)25(33-26)18-13-32-34(3)14-18/h4-11,13-14H,12H2,1-3H3,(H,30,33)(H,31,35). The predicted molar refractivity (Wildman–Crippen MR) is 137 cm³/mol. The number of aromatic nitrogens is 4. The van der Waals surface area contributed by atoms with Crippen molar-refractivity contribution in [2.45, 2.75) is 20.4 Å². The summed E-state index contributed by atoms with van der Waals surface area (Å²) in [4.78, 5) is 20.6. The summed E-state index contributed by atoms with van der Waals surface area (Å²) in [6.45, 7) is 3.84. The van der Waals surface area contributed by atoms with Crippen LogP contribution in [0.15, 0.2) is 61.1 Å². The summed E-state index contributed by atoms with van der Waals surface area (Å²) in [5, 5.41) is 8.17. The molecule has 9 heteroatoms. The van der Waals surface area contributed by atoms with E-state index < -0.39 is 0 Å². The Morgan fingerprint density at radius 3 is 2.78 bits per heavy atom. The van der Waals surface area contributed by atoms with E-state index >= 15 is 0 Å². The Balaban J connectivity index is 1.42. The molecule has 1 amide bonds. The van der Waals surface area contributed by atoms with Gasteiger partial charge in [-0.25, -0.2) is 9.37 Å². The molecule has 0 atom stereocenters. The number of carbonyl (C=O) groups is 1. The second-order valence-electron chi connectivity index (χ2n) is 8.60. The van der Waals surface area contributed by atoms with Crippen LogP contribution < -0.4 is 10.1 Å². The van der Waals surface area contributed by atoms with Crippen molar-refractivity contribution in [1.29, 1.82) is 0 Å². The minimum Gasteiger partial charge on any atom is -0.456 e. The van der Waals surface area contributed by atoms with E-state index in [9.17, 15) is 9.18 Å². The maximum absolute atomic E-state index is 13.7. The summed E-state index contributed by atoms with van der Waals surface area (Å²) in [5.74, 6) is 0.409. The minimum atomic E-state index is -0.329. The molecule has 5 rings (SSSR count). The Morgan fingerprint density at radius 1 is 1.19 bits per heavy atom. The lowest BCUT2D eigenvalue weighted by atomic mass is 10.1. The van der Waals surface area contributed by atoms with Crippen LogP contribution in [0.1, 0.15) is 27.0 Å². The number of ether oxygens (including phenoxy) is 1. The summed E-state index contributed by atoms with van der Waals surface area (Å²) >= 11 is 6.74. The molecule has 0 saturated carbocycles. The number of pyridine rings is 1. The van der Waals surface area contributed by atoms with Gasteiger partial charge in [-0.1, -0.05) is 23.7 Å². The number of aryl methyl sites for hydroxylation is 2. The molecule has 182 valence electrons. The van der Waals surface area contributed by atoms with Gasteiger partial charge in [0.15, 0.2) is 0 Å². The zero-order valence-electron chi connectivity index (χ0n) is 19.9. The Morgan fingerprint density at radius 2 is 2.03 bits per heavy atom. The third-order valence-corrected chi connectivity index (χ3v) is 6.27. The van der Waals surface area contributed by atoms with Gasteiger partial charge in [-0.05, 0) is 55.3 Å². The lowest BCUT2D eigenvalue weighted by Gasteiger charge is -2.13. The number of aromatic amines is 1. The van der Waals surface area contributed by atoms with Gasteiger partial charge in [0.05, 0.1) is 22.3 Å². The lowest BCUT2D eigenvalue weighted by Crippen LogP contribution is -2.23. The largest absolute Gasteiger partial charge is 0.456 e. The highest BCUT2D eigenvalue weighted by Crippen LogP contribution is 2.40. The first-order valence-corrected chi connectivity index (χ1v) is 11.6. The molecule has 0 radical (unpaired) electrons. The van der Waals surface area contributed by atoms with Gasteiger partial charge in [-0.2, -0.15) is 5.10 Å². The van der Waals surface area contributed by atoms with Crippen LogP contribution in [-0.4, -0.2) is 25.7 Å². The van der Waals surface area contributed by atoms with E-state index in [-0.39, 0.29) is 18.3 Å². The van der Waals surface area contributed by atoms with Gasteiger partial charge < -0.3 is 15.0 Å². The first kappa shape index (κ1) is 23.6. The molecule has 0 bridgehead atoms. The minimum absolute atomic E-state index is 0.211. The van der Waals surface area contributed by atoms with Crippen LogP contribution in [0, 0.1) is 19.7 Å². The highest BCUT2D eigenvalue weighted by Gasteiger charge is 2.19. The number of carbonyl (C=O) groups excluding carboxylic acids is 1. The molecule has 0 saturated heterocycles. The molecule has 0 aliphatic rings. The summed E-state index contributed by atoms with van der Waals surface area (Å²) < 4.78 is 21.6. The van der Waals surface area contributed by atoms with Gasteiger partial charge >= 0.3 is 0 Å². The molecule has 0 unspecified atom stereocenters. The van der Waals surface area contributed by atoms with E-state index in [1.807, 2.05) is 33.2 Å². The van der Waals surface area contributed by atoms with Gasteiger partial charge in [0.25, 0.3) is 5.91 Å². The third-order valence-electron chi connectivity index (χ3n) is 5.89. The van der Waals surface area contributed by atoms with Crippen LogP contribution in [0.2, 0.25) is 5.02 Å². The topological polar surface area (TPSA) is 84.8 Å². The fourth-order valence-corrected chi connectivity index (χ4v) is 4.50. The third kappa shape index (κ3) is 4.55. The maximum Gasteiger partial charge on any atom is 0.251 e. The number of H-pyrrole nitrogens is 1. The number of nitrogens with one attached hydrogen (secondary N) is 2. The van der Waals surface area contributed by atoms with Gasteiger partial charge in [0.1, 0.15) is 23.0 Å². The molecule has 36 heavy (non-hydrogen) atoms. The Kier molecular flexibility index (Phi) is 6.20. The summed E-state index contributed by atoms with van der Waals surface area (Å²) in [7, 11) is 1.83. The molecule has 0 aliphatic carbocycles. The molecule has 0 aliphatic heterocycles. The van der Waals surface area contributed by atoms with Crippen LogP contribution in [0.5, 0.6) is 11.5 Å². The molecular formula is C27H23ClFN5O2. The maximum atomic E-state index is 13.7. The lowest BCUT2D eigenvalue weighted by molar-refractivity contribution is 0.0950. The van der Waals surface area contributed by atoms with Gasteiger partial charge in [-0.3, -0.25) is 9.48 Å². The zero-order chi connectivity index (χ0) is 25.4. The number of nitrogens with zero attached hydrogens (tertiary/aromatic N) is 3. The number of hydrogen-bond donors (Lipinski definition) is 2. The van der Waals surface area contributed by atoms with Crippen LogP contribution in [0.3, 0.4) is 0 Å². The molecule has 5 aromatic rings. The second-order valence-corrected chi connectivity index (χ2v) is 8.98. The summed E-state index contributed by atoms with van der Waals surface area (Å²) in [6, 6.07) is 11.7. The van der Waals surface area contributed by atoms with Crippen molar-refractivity contribution in [2.75, 3.05) is 0 Å². The van der Waals surface area contributed by atoms with E-state index in [0.717, 1.165) is 11.1 Å². The van der Waals surface area contributed by atoms with Crippen LogP contribution in [0.25, 0.3) is 22.3 Å². The second kappa shape index (κ2) is 9.47. The van der Waals surface area contributed by atoms with Crippen molar-refractivity contribution in [2.24, 2.45) is 7.05 Å². The van der Waals surface area contributed by atoms with Crippen molar-refractivity contribution < 1.29 is 13.9 Å². The van der Waals surface area contributed by atoms with Crippen LogP contribution >= 0.6 is 11.6 Å². The van der Waals surface area contributed by atoms with Gasteiger partial charge in [0.2, 0.25) is 0 Å². The van der Waals surface area contributed by atoms with E-state index in [4.69, 9.17) is 16.3 Å². The van der Waals surface area contributed by atoms with E-state index in [0.29, 0.717) is 49.9 Å². The number of amides is 1. The first-order chi connectivity index (χ1) is 17.3. The molecular weight excluding hydrogens is 481 g/mol. The van der Waals surface area contributed by atoms with Crippen molar-refractivity contribution in [3.8, 4) is 22.8 Å². The number of halogens is 2. The normalized spacial score (nSPS) is 11.1. The SMILES string of the molecule is Cc1cc(F)cc(CNC(=O)c2cccc(Oc3ccnc4[nH]c(-c5cnn(C)c5)c(Cl)c34)c2C)c1. The number of rotatable bonds is 6. The highest BCUT2D eigenvalue weighted by atomic mass is 35.5. The average Bonchev–Trinajstić information content (AvgIpc) is 3.41. The highest BCUT2D eigenvalue weighted by molar-refractivity contribution is 6.38. The monoisotopic (exact) mass is 503 g/mol. The molecule has 2 aromatic carbocycles. The number of hydrogen-bond acceptors (Lipinski definition) is 4. The van der Waals surface area contributed by atoms with E-state index in [1.54, 1.807) is 41.3 Å². The average molecular weight is 504 g/mol. The fraction of sp³-hybridized carbons (Fsp3) is 0.148. The zero-order valence-corrected chi connectivity index (χ0v) is 20.7. The van der Waals surface area contributed by atoms with Crippen molar-refractivity contribution in [3.63, 3.8) is 0 Å². The quantitative estimate of drug-likeness (QED) is 0.293. The smallest absolute Gasteiger partial charge is 0.251 e. The van der Waals surface area contributed by atoms with Crippen molar-refractivity contribution in [3.05, 3.63) is 94.1 Å².